The molecule has 20 heavy (non-hydrogen) atoms. The largest absolute Gasteiger partial charge is 0.352 e. The van der Waals surface area contributed by atoms with Gasteiger partial charge >= 0.3 is 0 Å². The Labute approximate surface area is 118 Å². The monoisotopic (exact) mass is 271 g/mol. The molecular weight excluding hydrogens is 254 g/mol. The lowest BCUT2D eigenvalue weighted by molar-refractivity contribution is -0.138. The van der Waals surface area contributed by atoms with Gasteiger partial charge in [-0.2, -0.15) is 5.26 Å². The highest BCUT2D eigenvalue weighted by molar-refractivity contribution is 6.10. The predicted molar refractivity (Wildman–Crippen MR) is 74.7 cm³/mol. The fourth-order valence-corrected chi connectivity index (χ4v) is 1.66. The number of nitrogens with one attached hydrogen (secondary N) is 2. The Morgan fingerprint density at radius 2 is 1.90 bits per heavy atom. The van der Waals surface area contributed by atoms with Crippen molar-refractivity contribution in [3.8, 4) is 6.07 Å². The maximum Gasteiger partial charge on any atom is 0.239 e. The van der Waals surface area contributed by atoms with E-state index < -0.39 is 11.3 Å². The number of hydrogen-bond acceptors (Lipinski definition) is 3. The van der Waals surface area contributed by atoms with E-state index in [1.165, 1.54) is 0 Å². The van der Waals surface area contributed by atoms with Crippen molar-refractivity contribution in [3.05, 3.63) is 29.8 Å². The molecule has 1 aliphatic rings. The summed E-state index contributed by atoms with van der Waals surface area (Å²) < 4.78 is 0. The summed E-state index contributed by atoms with van der Waals surface area (Å²) in [6.07, 6.45) is 1.95. The van der Waals surface area contributed by atoms with Crippen LogP contribution in [0.4, 0.5) is 5.69 Å². The molecule has 0 heterocycles. The lowest BCUT2D eigenvalue weighted by Gasteiger charge is -2.23. The Morgan fingerprint density at radius 3 is 2.50 bits per heavy atom. The Morgan fingerprint density at radius 1 is 1.25 bits per heavy atom. The molecular formula is C15H17N3O2. The van der Waals surface area contributed by atoms with Crippen LogP contribution in [-0.4, -0.2) is 17.9 Å². The number of carbonyl (C=O) groups excluding carboxylic acids is 2. The van der Waals surface area contributed by atoms with Gasteiger partial charge in [-0.15, -0.1) is 0 Å². The van der Waals surface area contributed by atoms with Crippen LogP contribution in [-0.2, 0) is 9.59 Å². The van der Waals surface area contributed by atoms with Crippen LogP contribution in [0.2, 0.25) is 0 Å². The molecule has 2 N–H and O–H groups in total. The minimum atomic E-state index is -1.18. The van der Waals surface area contributed by atoms with Crippen LogP contribution in [0.15, 0.2) is 24.3 Å². The molecule has 1 aromatic carbocycles. The van der Waals surface area contributed by atoms with Gasteiger partial charge in [0, 0.05) is 6.04 Å². The molecule has 1 fully saturated rings. The van der Waals surface area contributed by atoms with Gasteiger partial charge in [0.05, 0.1) is 11.3 Å². The van der Waals surface area contributed by atoms with Gasteiger partial charge in [0.15, 0.2) is 0 Å². The zero-order valence-corrected chi connectivity index (χ0v) is 11.6. The number of rotatable bonds is 4. The summed E-state index contributed by atoms with van der Waals surface area (Å²) in [6.45, 7) is 3.16. The number of carbonyl (C=O) groups is 2. The highest BCUT2D eigenvalue weighted by Gasteiger charge is 2.38. The number of para-hydroxylation sites is 1. The van der Waals surface area contributed by atoms with E-state index in [9.17, 15) is 9.59 Å². The number of nitriles is 1. The molecule has 5 heteroatoms. The smallest absolute Gasteiger partial charge is 0.239 e. The molecule has 104 valence electrons. The van der Waals surface area contributed by atoms with E-state index in [4.69, 9.17) is 5.26 Å². The average molecular weight is 271 g/mol. The first-order chi connectivity index (χ1) is 9.45. The van der Waals surface area contributed by atoms with Crippen LogP contribution in [0.1, 0.15) is 32.3 Å². The van der Waals surface area contributed by atoms with Crippen molar-refractivity contribution < 1.29 is 9.59 Å². The zero-order valence-electron chi connectivity index (χ0n) is 11.6. The number of hydrogen-bond donors (Lipinski definition) is 2. The zero-order chi connectivity index (χ0) is 14.8. The van der Waals surface area contributed by atoms with E-state index in [0.717, 1.165) is 12.8 Å². The van der Waals surface area contributed by atoms with E-state index in [-0.39, 0.29) is 11.9 Å². The van der Waals surface area contributed by atoms with Gasteiger partial charge in [0.25, 0.3) is 0 Å². The number of benzene rings is 1. The molecule has 1 aromatic rings. The van der Waals surface area contributed by atoms with Crippen LogP contribution in [0.25, 0.3) is 0 Å². The first-order valence-electron chi connectivity index (χ1n) is 6.56. The van der Waals surface area contributed by atoms with Crippen molar-refractivity contribution >= 4 is 17.5 Å². The van der Waals surface area contributed by atoms with Crippen LogP contribution >= 0.6 is 0 Å². The molecule has 0 radical (unpaired) electrons. The maximum atomic E-state index is 12.3. The summed E-state index contributed by atoms with van der Waals surface area (Å²) in [5.74, 6) is -0.703. The summed E-state index contributed by atoms with van der Waals surface area (Å²) in [5.41, 5.74) is -0.378. The molecule has 0 saturated heterocycles. The second kappa shape index (κ2) is 5.33. The van der Waals surface area contributed by atoms with Gasteiger partial charge in [0.1, 0.15) is 11.5 Å². The predicted octanol–water partition coefficient (Wildman–Crippen LogP) is 1.80. The van der Waals surface area contributed by atoms with Crippen LogP contribution in [0, 0.1) is 16.7 Å². The molecule has 2 rings (SSSR count). The third-order valence-electron chi connectivity index (χ3n) is 3.34. The van der Waals surface area contributed by atoms with Gasteiger partial charge < -0.3 is 10.6 Å². The molecule has 0 spiro atoms. The first-order valence-corrected chi connectivity index (χ1v) is 6.56. The molecule has 0 aliphatic heterocycles. The van der Waals surface area contributed by atoms with Gasteiger partial charge in [-0.1, -0.05) is 12.1 Å². The quantitative estimate of drug-likeness (QED) is 0.819. The van der Waals surface area contributed by atoms with Gasteiger partial charge in [0.2, 0.25) is 11.8 Å². The third kappa shape index (κ3) is 2.97. The second-order valence-corrected chi connectivity index (χ2v) is 5.48. The summed E-state index contributed by atoms with van der Waals surface area (Å²) >= 11 is 0. The molecule has 1 saturated carbocycles. The summed E-state index contributed by atoms with van der Waals surface area (Å²) in [6, 6.07) is 8.93. The highest BCUT2D eigenvalue weighted by Crippen LogP contribution is 2.24. The third-order valence-corrected chi connectivity index (χ3v) is 3.34. The van der Waals surface area contributed by atoms with Crippen molar-refractivity contribution in [2.24, 2.45) is 5.41 Å². The summed E-state index contributed by atoms with van der Waals surface area (Å²) in [7, 11) is 0. The van der Waals surface area contributed by atoms with Crippen molar-refractivity contribution in [2.75, 3.05) is 5.32 Å². The van der Waals surface area contributed by atoms with Gasteiger partial charge in [-0.05, 0) is 38.8 Å². The molecule has 0 bridgehead atoms. The topological polar surface area (TPSA) is 82.0 Å². The van der Waals surface area contributed by atoms with Gasteiger partial charge in [-0.25, -0.2) is 0 Å². The molecule has 0 aromatic heterocycles. The Kier molecular flexibility index (Phi) is 3.75. The van der Waals surface area contributed by atoms with E-state index in [2.05, 4.69) is 10.6 Å². The summed E-state index contributed by atoms with van der Waals surface area (Å²) in [5, 5.41) is 14.5. The normalized spacial score (nSPS) is 14.2. The molecule has 0 atom stereocenters. The van der Waals surface area contributed by atoms with Gasteiger partial charge in [-0.3, -0.25) is 9.59 Å². The molecule has 0 unspecified atom stereocenters. The fourth-order valence-electron chi connectivity index (χ4n) is 1.66. The lowest BCUT2D eigenvalue weighted by atomic mass is 9.90. The van der Waals surface area contributed by atoms with Crippen molar-refractivity contribution in [2.45, 2.75) is 32.7 Å². The molecule has 5 nitrogen and oxygen atoms in total. The summed E-state index contributed by atoms with van der Waals surface area (Å²) in [4.78, 5) is 24.3. The molecule has 1 aliphatic carbocycles. The molecule has 2 amide bonds. The Hall–Kier alpha value is -2.35. The van der Waals surface area contributed by atoms with Crippen molar-refractivity contribution in [1.29, 1.82) is 5.26 Å². The Bertz CT molecular complexity index is 583. The lowest BCUT2D eigenvalue weighted by Crippen LogP contribution is -2.45. The van der Waals surface area contributed by atoms with Crippen LogP contribution in [0.5, 0.6) is 0 Å². The van der Waals surface area contributed by atoms with Crippen LogP contribution in [0.3, 0.4) is 0 Å². The minimum absolute atomic E-state index is 0.209. The van der Waals surface area contributed by atoms with Crippen molar-refractivity contribution in [3.63, 3.8) is 0 Å². The first kappa shape index (κ1) is 14.1. The maximum absolute atomic E-state index is 12.3. The van der Waals surface area contributed by atoms with E-state index >= 15 is 0 Å². The SMILES string of the molecule is CC(C)(C(=O)Nc1ccccc1C#N)C(=O)NC1CC1. The minimum Gasteiger partial charge on any atom is -0.352 e. The van der Waals surface area contributed by atoms with E-state index in [1.54, 1.807) is 38.1 Å². The van der Waals surface area contributed by atoms with E-state index in [1.807, 2.05) is 6.07 Å². The van der Waals surface area contributed by atoms with Crippen molar-refractivity contribution in [1.82, 2.24) is 5.32 Å². The van der Waals surface area contributed by atoms with E-state index in [0.29, 0.717) is 11.3 Å². The highest BCUT2D eigenvalue weighted by atomic mass is 16.2. The van der Waals surface area contributed by atoms with Crippen LogP contribution < -0.4 is 10.6 Å². The standard InChI is InChI=1S/C15H17N3O2/c1-15(2,13(19)17-11-7-8-11)14(20)18-12-6-4-3-5-10(12)9-16/h3-6,11H,7-8H2,1-2H3,(H,17,19)(H,18,20). The average Bonchev–Trinajstić information content (AvgIpc) is 3.23. The number of anilines is 1. The second-order valence-electron chi connectivity index (χ2n) is 5.48. The fraction of sp³-hybridized carbons (Fsp3) is 0.400. The Balaban J connectivity index is 2.10. The number of nitrogens with zero attached hydrogens (tertiary/aromatic N) is 1. The number of amides is 2.